The van der Waals surface area contributed by atoms with Crippen molar-refractivity contribution in [1.82, 2.24) is 20.9 Å². The maximum atomic E-state index is 13.9. The Morgan fingerprint density at radius 3 is 2.48 bits per heavy atom. The topological polar surface area (TPSA) is 141 Å². The Bertz CT molecular complexity index is 1200. The molecule has 0 bridgehead atoms. The van der Waals surface area contributed by atoms with Crippen molar-refractivity contribution in [1.29, 1.82) is 5.26 Å². The molecule has 0 radical (unpaired) electrons. The Hall–Kier alpha value is -3.68. The van der Waals surface area contributed by atoms with Crippen molar-refractivity contribution >= 4 is 23.6 Å². The summed E-state index contributed by atoms with van der Waals surface area (Å²) in [6, 6.07) is 4.75. The van der Waals surface area contributed by atoms with Crippen LogP contribution in [0, 0.1) is 45.7 Å². The lowest BCUT2D eigenvalue weighted by Crippen LogP contribution is -2.60. The van der Waals surface area contributed by atoms with Crippen LogP contribution in [0.4, 0.5) is 4.39 Å². The molecular formula is C29H38FN5O5. The van der Waals surface area contributed by atoms with Crippen LogP contribution < -0.4 is 20.7 Å². The summed E-state index contributed by atoms with van der Waals surface area (Å²) in [5, 5.41) is 18.0. The zero-order valence-corrected chi connectivity index (χ0v) is 23.6. The van der Waals surface area contributed by atoms with Crippen molar-refractivity contribution in [2.45, 2.75) is 65.6 Å². The van der Waals surface area contributed by atoms with Gasteiger partial charge in [-0.2, -0.15) is 5.26 Å². The fraction of sp³-hybridized carbons (Fsp3) is 0.621. The summed E-state index contributed by atoms with van der Waals surface area (Å²) in [5.74, 6) is -1.86. The van der Waals surface area contributed by atoms with Crippen molar-refractivity contribution in [3.8, 4) is 11.8 Å². The highest BCUT2D eigenvalue weighted by Crippen LogP contribution is 2.65. The second-order valence-electron chi connectivity index (χ2n) is 12.7. The summed E-state index contributed by atoms with van der Waals surface area (Å²) in [6.45, 7) is 10.1. The molecule has 2 saturated heterocycles. The molecule has 4 amide bonds. The number of halogens is 1. The number of ether oxygens (including phenoxy) is 1. The van der Waals surface area contributed by atoms with Gasteiger partial charge >= 0.3 is 0 Å². The zero-order chi connectivity index (χ0) is 29.4. The third kappa shape index (κ3) is 6.06. The molecule has 1 saturated carbocycles. The van der Waals surface area contributed by atoms with Gasteiger partial charge in [0.2, 0.25) is 17.7 Å². The van der Waals surface area contributed by atoms with Gasteiger partial charge in [-0.15, -0.1) is 0 Å². The number of amides is 4. The second-order valence-corrected chi connectivity index (χ2v) is 12.7. The molecule has 3 aliphatic rings. The smallest absolute Gasteiger partial charge is 0.258 e. The van der Waals surface area contributed by atoms with Gasteiger partial charge in [-0.05, 0) is 59.8 Å². The highest BCUT2D eigenvalue weighted by atomic mass is 19.1. The number of nitrogens with one attached hydrogen (secondary N) is 3. The standard InChI is InChI=1S/C29H38FN5O5/c1-28(2,3)24(34-21(36)15-40-19-8-6-17(30)7-9-19)27(39)35-14-20-22(29(20,4)5)23(35)26(38)33-18(13-31)12-16-10-11-32-25(16)37/h6-9,16,18,20,22-24H,10-12,14-15H2,1-5H3,(H,32,37)(H,33,38)(H,34,36)/t16-,18-,20-,22-,23-,24+/m0/s1. The minimum atomic E-state index is -0.943. The molecule has 4 rings (SSSR count). The number of nitrogens with zero attached hydrogens (tertiary/aromatic N) is 2. The number of carbonyl (C=O) groups is 4. The van der Waals surface area contributed by atoms with E-state index in [1.807, 2.05) is 20.8 Å². The van der Waals surface area contributed by atoms with Crippen LogP contribution in [0.15, 0.2) is 24.3 Å². The van der Waals surface area contributed by atoms with Crippen LogP contribution in [0.1, 0.15) is 47.5 Å². The molecule has 2 aliphatic heterocycles. The fourth-order valence-electron chi connectivity index (χ4n) is 6.07. The number of benzene rings is 1. The maximum Gasteiger partial charge on any atom is 0.258 e. The molecule has 216 valence electrons. The Labute approximate surface area is 234 Å². The molecule has 0 aromatic heterocycles. The number of rotatable bonds is 9. The maximum absolute atomic E-state index is 13.9. The highest BCUT2D eigenvalue weighted by Gasteiger charge is 2.69. The fourth-order valence-corrected chi connectivity index (χ4v) is 6.07. The Balaban J connectivity index is 1.46. The van der Waals surface area contributed by atoms with Crippen LogP contribution in [-0.4, -0.2) is 66.4 Å². The highest BCUT2D eigenvalue weighted by molar-refractivity contribution is 5.94. The normalized spacial score (nSPS) is 26.1. The van der Waals surface area contributed by atoms with E-state index in [0.29, 0.717) is 25.3 Å². The van der Waals surface area contributed by atoms with E-state index >= 15 is 0 Å². The molecule has 1 aromatic carbocycles. The van der Waals surface area contributed by atoms with Crippen LogP contribution in [0.2, 0.25) is 0 Å². The molecule has 1 aromatic rings. The predicted octanol–water partition coefficient (Wildman–Crippen LogP) is 1.75. The Morgan fingerprint density at radius 1 is 1.23 bits per heavy atom. The molecule has 3 fully saturated rings. The molecule has 10 nitrogen and oxygen atoms in total. The molecule has 3 N–H and O–H groups in total. The van der Waals surface area contributed by atoms with Crippen molar-refractivity contribution < 1.29 is 28.3 Å². The lowest BCUT2D eigenvalue weighted by atomic mass is 9.85. The summed E-state index contributed by atoms with van der Waals surface area (Å²) in [5.41, 5.74) is -0.827. The van der Waals surface area contributed by atoms with E-state index < -0.39 is 41.2 Å². The number of piperidine rings is 1. The van der Waals surface area contributed by atoms with Gasteiger partial charge in [-0.1, -0.05) is 34.6 Å². The molecule has 1 aliphatic carbocycles. The average Bonchev–Trinajstić information content (AvgIpc) is 3.23. The van der Waals surface area contributed by atoms with Gasteiger partial charge in [-0.3, -0.25) is 19.2 Å². The van der Waals surface area contributed by atoms with Crippen LogP contribution in [0.5, 0.6) is 5.75 Å². The van der Waals surface area contributed by atoms with Gasteiger partial charge in [0.05, 0.1) is 6.07 Å². The minimum absolute atomic E-state index is 0.0799. The molecular weight excluding hydrogens is 517 g/mol. The van der Waals surface area contributed by atoms with Crippen LogP contribution in [0.3, 0.4) is 0 Å². The molecule has 0 unspecified atom stereocenters. The lowest BCUT2D eigenvalue weighted by molar-refractivity contribution is -0.146. The van der Waals surface area contributed by atoms with E-state index in [9.17, 15) is 28.8 Å². The number of likely N-dealkylation sites (tertiary alicyclic amines) is 1. The lowest BCUT2D eigenvalue weighted by Gasteiger charge is -2.37. The van der Waals surface area contributed by atoms with Crippen molar-refractivity contribution in [2.75, 3.05) is 19.7 Å². The van der Waals surface area contributed by atoms with Gasteiger partial charge in [0, 0.05) is 19.0 Å². The first kappa shape index (κ1) is 29.3. The molecule has 11 heteroatoms. The summed E-state index contributed by atoms with van der Waals surface area (Å²) in [6.07, 6.45) is 0.817. The van der Waals surface area contributed by atoms with Gasteiger partial charge in [0.1, 0.15) is 29.7 Å². The average molecular weight is 556 g/mol. The Kier molecular flexibility index (Phi) is 8.11. The minimum Gasteiger partial charge on any atom is -0.484 e. The van der Waals surface area contributed by atoms with Gasteiger partial charge in [-0.25, -0.2) is 4.39 Å². The molecule has 2 heterocycles. The summed E-state index contributed by atoms with van der Waals surface area (Å²) in [7, 11) is 0. The third-order valence-electron chi connectivity index (χ3n) is 8.52. The zero-order valence-electron chi connectivity index (χ0n) is 23.6. The van der Waals surface area contributed by atoms with Crippen LogP contribution in [0.25, 0.3) is 0 Å². The van der Waals surface area contributed by atoms with Crippen LogP contribution >= 0.6 is 0 Å². The van der Waals surface area contributed by atoms with E-state index in [1.54, 1.807) is 0 Å². The molecule has 40 heavy (non-hydrogen) atoms. The second kappa shape index (κ2) is 11.1. The number of nitriles is 1. The van der Waals surface area contributed by atoms with E-state index in [-0.39, 0.29) is 48.0 Å². The quantitative estimate of drug-likeness (QED) is 0.424. The molecule has 6 atom stereocenters. The van der Waals surface area contributed by atoms with Crippen molar-refractivity contribution in [3.63, 3.8) is 0 Å². The van der Waals surface area contributed by atoms with E-state index in [4.69, 9.17) is 4.74 Å². The van der Waals surface area contributed by atoms with E-state index in [1.165, 1.54) is 29.2 Å². The summed E-state index contributed by atoms with van der Waals surface area (Å²) >= 11 is 0. The SMILES string of the molecule is CC(C)(C)[C@H](NC(=O)COc1ccc(F)cc1)C(=O)N1C[C@H]2[C@@H]([C@H]1C(=O)N[C@H](C#N)C[C@@H]1CCNC1=O)C2(C)C. The first-order chi connectivity index (χ1) is 18.7. The third-order valence-corrected chi connectivity index (χ3v) is 8.52. The predicted molar refractivity (Wildman–Crippen MR) is 143 cm³/mol. The van der Waals surface area contributed by atoms with Gasteiger partial charge in [0.15, 0.2) is 6.61 Å². The summed E-state index contributed by atoms with van der Waals surface area (Å²) in [4.78, 5) is 53.9. The number of carbonyl (C=O) groups excluding carboxylic acids is 4. The molecule has 0 spiro atoms. The van der Waals surface area contributed by atoms with Crippen LogP contribution in [-0.2, 0) is 19.2 Å². The van der Waals surface area contributed by atoms with Crippen molar-refractivity contribution in [3.05, 3.63) is 30.1 Å². The van der Waals surface area contributed by atoms with Crippen molar-refractivity contribution in [2.24, 2.45) is 28.6 Å². The number of fused-ring (bicyclic) bond motifs is 1. The largest absolute Gasteiger partial charge is 0.484 e. The first-order valence-electron chi connectivity index (χ1n) is 13.7. The summed E-state index contributed by atoms with van der Waals surface area (Å²) < 4.78 is 18.6. The first-order valence-corrected chi connectivity index (χ1v) is 13.7. The van der Waals surface area contributed by atoms with Gasteiger partial charge in [0.25, 0.3) is 5.91 Å². The van der Waals surface area contributed by atoms with E-state index in [2.05, 4.69) is 35.9 Å². The number of hydrogen-bond acceptors (Lipinski definition) is 6. The van der Waals surface area contributed by atoms with Gasteiger partial charge < -0.3 is 25.6 Å². The number of hydrogen-bond donors (Lipinski definition) is 3. The Morgan fingerprint density at radius 2 is 1.90 bits per heavy atom. The van der Waals surface area contributed by atoms with E-state index in [0.717, 1.165) is 0 Å². The monoisotopic (exact) mass is 555 g/mol.